The van der Waals surface area contributed by atoms with Crippen LogP contribution in [-0.4, -0.2) is 36.1 Å². The van der Waals surface area contributed by atoms with E-state index < -0.39 is 24.3 Å². The van der Waals surface area contributed by atoms with E-state index in [1.54, 1.807) is 0 Å². The van der Waals surface area contributed by atoms with Crippen molar-refractivity contribution in [1.29, 1.82) is 0 Å². The molecule has 8 nitrogen and oxygen atoms in total. The van der Waals surface area contributed by atoms with Crippen molar-refractivity contribution in [1.82, 2.24) is 0 Å². The molecule has 1 aliphatic carbocycles. The Bertz CT molecular complexity index is 1600. The van der Waals surface area contributed by atoms with Gasteiger partial charge in [0.15, 0.2) is 12.4 Å². The van der Waals surface area contributed by atoms with E-state index in [0.29, 0.717) is 23.6 Å². The van der Waals surface area contributed by atoms with Crippen LogP contribution < -0.4 is 9.64 Å². The molecule has 2 unspecified atom stereocenters. The van der Waals surface area contributed by atoms with Crippen LogP contribution in [0.4, 0.5) is 5.69 Å². The van der Waals surface area contributed by atoms with E-state index >= 15 is 0 Å². The number of hydrogen-bond acceptors (Lipinski definition) is 7. The van der Waals surface area contributed by atoms with Gasteiger partial charge in [0.05, 0.1) is 38.7 Å². The lowest BCUT2D eigenvalue weighted by atomic mass is 9.82. The second-order valence-electron chi connectivity index (χ2n) is 9.80. The third-order valence-corrected chi connectivity index (χ3v) is 7.80. The molecule has 3 aromatic carbocycles. The van der Waals surface area contributed by atoms with E-state index in [2.05, 4.69) is 0 Å². The lowest BCUT2D eigenvalue weighted by Crippen LogP contribution is -2.30. The van der Waals surface area contributed by atoms with Gasteiger partial charge in [0.25, 0.3) is 0 Å². The molecule has 5 rings (SSSR count). The van der Waals surface area contributed by atoms with Crippen molar-refractivity contribution in [2.24, 2.45) is 11.8 Å². The summed E-state index contributed by atoms with van der Waals surface area (Å²) in [4.78, 5) is 64.4. The maximum atomic E-state index is 12.9. The number of carbonyl (C=O) groups excluding carboxylic acids is 5. The van der Waals surface area contributed by atoms with Gasteiger partial charge in [0, 0.05) is 5.56 Å². The molecule has 1 saturated heterocycles. The van der Waals surface area contributed by atoms with Gasteiger partial charge >= 0.3 is 11.9 Å². The smallest absolute Gasteiger partial charge is 0.343 e. The zero-order valence-electron chi connectivity index (χ0n) is 21.8. The average Bonchev–Trinajstić information content (AvgIpc) is 3.21. The Balaban J connectivity index is 1.15. The number of ether oxygens (including phenoxy) is 2. The van der Waals surface area contributed by atoms with Gasteiger partial charge in [0.2, 0.25) is 11.8 Å². The number of imide groups is 1. The molecule has 2 atom stereocenters. The lowest BCUT2D eigenvalue weighted by molar-refractivity contribution is -0.122. The zero-order valence-corrected chi connectivity index (χ0v) is 23.3. The van der Waals surface area contributed by atoms with Crippen LogP contribution in [0, 0.1) is 11.8 Å². The fourth-order valence-corrected chi connectivity index (χ4v) is 5.13. The van der Waals surface area contributed by atoms with Gasteiger partial charge in [-0.1, -0.05) is 34.9 Å². The number of allylic oxidation sites excluding steroid dienone is 2. The molecule has 208 valence electrons. The molecule has 41 heavy (non-hydrogen) atoms. The third-order valence-electron chi connectivity index (χ3n) is 7.06. The number of halogens is 2. The highest BCUT2D eigenvalue weighted by molar-refractivity contribution is 6.42. The van der Waals surface area contributed by atoms with Gasteiger partial charge in [-0.25, -0.2) is 9.59 Å². The first-order valence-electron chi connectivity index (χ1n) is 12.7. The Morgan fingerprint density at radius 3 is 2.12 bits per heavy atom. The monoisotopic (exact) mass is 591 g/mol. The van der Waals surface area contributed by atoms with Crippen LogP contribution in [0.3, 0.4) is 0 Å². The Hall–Kier alpha value is -4.27. The predicted molar refractivity (Wildman–Crippen MR) is 151 cm³/mol. The standard InChI is InChI=1S/C31H23Cl2NO7/c1-17-2-12-23-24(14-17)29(37)34(28(23)36)21-8-3-19(4-9-21)30(38)40-16-27(35)18-5-10-22(11-6-18)41-31(39)20-7-13-25(32)26(33)15-20/h2-11,13,15,23-24H,12,14,16H2,1H3. The van der Waals surface area contributed by atoms with Crippen LogP contribution in [0.5, 0.6) is 5.75 Å². The molecule has 0 radical (unpaired) electrons. The molecule has 3 aromatic rings. The Labute approximate surface area is 245 Å². The summed E-state index contributed by atoms with van der Waals surface area (Å²) >= 11 is 11.8. The number of fused-ring (bicyclic) bond motifs is 1. The molecule has 0 aromatic heterocycles. The van der Waals surface area contributed by atoms with Crippen LogP contribution in [0.1, 0.15) is 50.8 Å². The van der Waals surface area contributed by atoms with Gasteiger partial charge in [-0.05, 0) is 86.5 Å². The summed E-state index contributed by atoms with van der Waals surface area (Å²) in [5, 5.41) is 0.527. The summed E-state index contributed by atoms with van der Waals surface area (Å²) in [7, 11) is 0. The molecule has 10 heteroatoms. The second-order valence-corrected chi connectivity index (χ2v) is 10.6. The van der Waals surface area contributed by atoms with E-state index in [4.69, 9.17) is 32.7 Å². The summed E-state index contributed by atoms with van der Waals surface area (Å²) in [6.07, 6.45) is 3.11. The number of amides is 2. The summed E-state index contributed by atoms with van der Waals surface area (Å²) in [5.74, 6) is -2.82. The fraction of sp³-hybridized carbons (Fsp3) is 0.194. The molecule has 0 bridgehead atoms. The Kier molecular flexibility index (Phi) is 8.06. The van der Waals surface area contributed by atoms with Crippen molar-refractivity contribution >= 4 is 58.4 Å². The highest BCUT2D eigenvalue weighted by Gasteiger charge is 2.48. The Morgan fingerprint density at radius 2 is 1.44 bits per heavy atom. The van der Waals surface area contributed by atoms with E-state index in [9.17, 15) is 24.0 Å². The maximum absolute atomic E-state index is 12.9. The minimum absolute atomic E-state index is 0.167. The number of Topliss-reactive ketones (excluding diaryl/α,β-unsaturated/α-hetero) is 1. The van der Waals surface area contributed by atoms with Crippen molar-refractivity contribution in [3.8, 4) is 5.75 Å². The lowest BCUT2D eigenvalue weighted by Gasteiger charge is -2.18. The molecule has 0 saturated carbocycles. The van der Waals surface area contributed by atoms with Gasteiger partial charge in [-0.2, -0.15) is 0 Å². The number of benzene rings is 3. The van der Waals surface area contributed by atoms with Crippen molar-refractivity contribution < 1.29 is 33.4 Å². The van der Waals surface area contributed by atoms with Crippen molar-refractivity contribution in [2.75, 3.05) is 11.5 Å². The number of nitrogens with zero attached hydrogens (tertiary/aromatic N) is 1. The molecule has 1 fully saturated rings. The van der Waals surface area contributed by atoms with Crippen LogP contribution in [-0.2, 0) is 14.3 Å². The number of hydrogen-bond donors (Lipinski definition) is 0. The third kappa shape index (κ3) is 5.94. The predicted octanol–water partition coefficient (Wildman–Crippen LogP) is 6.10. The summed E-state index contributed by atoms with van der Waals surface area (Å²) in [6, 6.07) is 16.1. The largest absolute Gasteiger partial charge is 0.454 e. The number of anilines is 1. The van der Waals surface area contributed by atoms with Crippen LogP contribution in [0.25, 0.3) is 0 Å². The van der Waals surface area contributed by atoms with Crippen LogP contribution in [0.2, 0.25) is 10.0 Å². The second kappa shape index (κ2) is 11.7. The summed E-state index contributed by atoms with van der Waals surface area (Å²) in [6.45, 7) is 1.44. The first-order valence-corrected chi connectivity index (χ1v) is 13.5. The first kappa shape index (κ1) is 28.3. The van der Waals surface area contributed by atoms with Gasteiger partial charge in [-0.15, -0.1) is 0 Å². The van der Waals surface area contributed by atoms with Crippen molar-refractivity contribution in [2.45, 2.75) is 19.8 Å². The van der Waals surface area contributed by atoms with E-state index in [1.807, 2.05) is 13.0 Å². The van der Waals surface area contributed by atoms with Gasteiger partial charge in [0.1, 0.15) is 5.75 Å². The van der Waals surface area contributed by atoms with E-state index in [1.165, 1.54) is 71.6 Å². The topological polar surface area (TPSA) is 107 Å². The van der Waals surface area contributed by atoms with E-state index in [0.717, 1.165) is 5.57 Å². The normalized spacial score (nSPS) is 18.0. The molecule has 2 aliphatic rings. The number of carbonyl (C=O) groups is 5. The molecular formula is C31H23Cl2NO7. The van der Waals surface area contributed by atoms with Crippen molar-refractivity contribution in [3.63, 3.8) is 0 Å². The highest BCUT2D eigenvalue weighted by Crippen LogP contribution is 2.39. The molecule has 0 N–H and O–H groups in total. The number of rotatable bonds is 7. The zero-order chi connectivity index (χ0) is 29.3. The minimum Gasteiger partial charge on any atom is -0.454 e. The number of ketones is 1. The molecule has 0 spiro atoms. The minimum atomic E-state index is -0.732. The molecule has 1 heterocycles. The Morgan fingerprint density at radius 1 is 0.805 bits per heavy atom. The molecule has 1 aliphatic heterocycles. The first-order chi connectivity index (χ1) is 19.6. The van der Waals surface area contributed by atoms with Gasteiger partial charge < -0.3 is 9.47 Å². The molecule has 2 amide bonds. The van der Waals surface area contributed by atoms with Crippen LogP contribution >= 0.6 is 23.2 Å². The highest BCUT2D eigenvalue weighted by atomic mass is 35.5. The van der Waals surface area contributed by atoms with Gasteiger partial charge in [-0.3, -0.25) is 19.3 Å². The number of esters is 2. The summed E-state index contributed by atoms with van der Waals surface area (Å²) < 4.78 is 10.5. The average molecular weight is 592 g/mol. The van der Waals surface area contributed by atoms with Crippen molar-refractivity contribution in [3.05, 3.63) is 105 Å². The van der Waals surface area contributed by atoms with Crippen LogP contribution in [0.15, 0.2) is 78.4 Å². The molecular weight excluding hydrogens is 569 g/mol. The summed E-state index contributed by atoms with van der Waals surface area (Å²) in [5.41, 5.74) is 2.11. The SMILES string of the molecule is CC1=CCC2C(=O)N(c3ccc(C(=O)OCC(=O)c4ccc(OC(=O)c5ccc(Cl)c(Cl)c5)cc4)cc3)C(=O)C2C1. The fourth-order valence-electron chi connectivity index (χ4n) is 4.83. The van der Waals surface area contributed by atoms with E-state index in [-0.39, 0.29) is 51.1 Å². The quantitative estimate of drug-likeness (QED) is 0.107. The maximum Gasteiger partial charge on any atom is 0.343 e.